The fourth-order valence-corrected chi connectivity index (χ4v) is 3.71. The van der Waals surface area contributed by atoms with Crippen LogP contribution in [0.15, 0.2) is 59.9 Å². The van der Waals surface area contributed by atoms with E-state index in [-0.39, 0.29) is 28.8 Å². The largest absolute Gasteiger partial charge is 0.494 e. The van der Waals surface area contributed by atoms with Gasteiger partial charge in [0.15, 0.2) is 17.3 Å². The molecule has 0 unspecified atom stereocenters. The zero-order valence-corrected chi connectivity index (χ0v) is 19.8. The van der Waals surface area contributed by atoms with Gasteiger partial charge in [-0.3, -0.25) is 14.2 Å². The molecule has 0 amide bonds. The SMILES string of the molecule is C=CCOc1ccc(C(=O)c2c(C)c(C#N)c(=O)n(CCc3ccc(OC)c(OC)c3)c2O)cc1. The predicted octanol–water partition coefficient (Wildman–Crippen LogP) is 3.79. The molecule has 3 aromatic rings. The van der Waals surface area contributed by atoms with Crippen molar-refractivity contribution in [1.82, 2.24) is 4.57 Å². The molecule has 8 heteroatoms. The minimum Gasteiger partial charge on any atom is -0.494 e. The van der Waals surface area contributed by atoms with E-state index >= 15 is 0 Å². The van der Waals surface area contributed by atoms with Crippen LogP contribution in [-0.2, 0) is 13.0 Å². The lowest BCUT2D eigenvalue weighted by Crippen LogP contribution is -2.27. The first-order chi connectivity index (χ1) is 16.9. The van der Waals surface area contributed by atoms with Crippen molar-refractivity contribution in [1.29, 1.82) is 5.26 Å². The average molecular weight is 475 g/mol. The average Bonchev–Trinajstić information content (AvgIpc) is 2.87. The summed E-state index contributed by atoms with van der Waals surface area (Å²) in [6.45, 7) is 5.44. The number of nitriles is 1. The van der Waals surface area contributed by atoms with Crippen LogP contribution < -0.4 is 19.8 Å². The quantitative estimate of drug-likeness (QED) is 0.352. The van der Waals surface area contributed by atoms with E-state index in [1.54, 1.807) is 42.5 Å². The molecule has 8 nitrogen and oxygen atoms in total. The molecule has 0 fully saturated rings. The van der Waals surface area contributed by atoms with Crippen molar-refractivity contribution in [3.05, 3.63) is 93.3 Å². The molecule has 3 rings (SSSR count). The molecule has 1 N–H and O–H groups in total. The van der Waals surface area contributed by atoms with Crippen LogP contribution in [0.1, 0.15) is 32.6 Å². The lowest BCUT2D eigenvalue weighted by molar-refractivity contribution is 0.103. The van der Waals surface area contributed by atoms with Crippen LogP contribution >= 0.6 is 0 Å². The smallest absolute Gasteiger partial charge is 0.271 e. The first kappa shape index (κ1) is 25.1. The van der Waals surface area contributed by atoms with Gasteiger partial charge in [-0.1, -0.05) is 18.7 Å². The molecule has 0 atom stereocenters. The molecule has 2 aromatic carbocycles. The van der Waals surface area contributed by atoms with Crippen LogP contribution in [0.5, 0.6) is 23.1 Å². The van der Waals surface area contributed by atoms with Crippen LogP contribution in [-0.4, -0.2) is 36.3 Å². The number of aromatic hydroxyl groups is 1. The molecular formula is C27H26N2O6. The Morgan fingerprint density at radius 2 is 1.83 bits per heavy atom. The molecule has 180 valence electrons. The second kappa shape index (κ2) is 11.1. The standard InChI is InChI=1S/C27H26N2O6/c1-5-14-35-20-9-7-19(8-10-20)25(30)24-17(2)21(16-28)26(31)29(27(24)32)13-12-18-6-11-22(33-3)23(15-18)34-4/h5-11,15,32H,1,12-14H2,2-4H3. The second-order valence-corrected chi connectivity index (χ2v) is 7.66. The first-order valence-electron chi connectivity index (χ1n) is 10.8. The lowest BCUT2D eigenvalue weighted by Gasteiger charge is -2.16. The summed E-state index contributed by atoms with van der Waals surface area (Å²) in [5.41, 5.74) is 0.291. The summed E-state index contributed by atoms with van der Waals surface area (Å²) in [6.07, 6.45) is 1.94. The minimum absolute atomic E-state index is 0.0454. The number of pyridine rings is 1. The fourth-order valence-electron chi connectivity index (χ4n) is 3.71. The minimum atomic E-state index is -0.660. The predicted molar refractivity (Wildman–Crippen MR) is 131 cm³/mol. The van der Waals surface area contributed by atoms with E-state index in [1.165, 1.54) is 21.1 Å². The molecular weight excluding hydrogens is 448 g/mol. The molecule has 0 aliphatic heterocycles. The first-order valence-corrected chi connectivity index (χ1v) is 10.8. The van der Waals surface area contributed by atoms with Crippen molar-refractivity contribution >= 4 is 5.78 Å². The molecule has 1 heterocycles. The number of rotatable bonds is 10. The maximum Gasteiger partial charge on any atom is 0.271 e. The molecule has 0 saturated heterocycles. The molecule has 35 heavy (non-hydrogen) atoms. The van der Waals surface area contributed by atoms with Crippen LogP contribution in [0.2, 0.25) is 0 Å². The zero-order valence-electron chi connectivity index (χ0n) is 19.8. The third-order valence-corrected chi connectivity index (χ3v) is 5.58. The van der Waals surface area contributed by atoms with Crippen molar-refractivity contribution in [3.8, 4) is 29.2 Å². The normalized spacial score (nSPS) is 10.3. The number of aryl methyl sites for hydroxylation is 1. The molecule has 0 spiro atoms. The summed E-state index contributed by atoms with van der Waals surface area (Å²) in [4.78, 5) is 26.2. The van der Waals surface area contributed by atoms with Crippen LogP contribution in [0.25, 0.3) is 0 Å². The Labute approximate surface area is 203 Å². The lowest BCUT2D eigenvalue weighted by atomic mass is 9.97. The van der Waals surface area contributed by atoms with Crippen molar-refractivity contribution in [2.24, 2.45) is 0 Å². The maximum atomic E-state index is 13.3. The highest BCUT2D eigenvalue weighted by Gasteiger charge is 2.25. The number of hydrogen-bond donors (Lipinski definition) is 1. The summed E-state index contributed by atoms with van der Waals surface area (Å²) in [5.74, 6) is 0.655. The summed E-state index contributed by atoms with van der Waals surface area (Å²) in [7, 11) is 3.05. The second-order valence-electron chi connectivity index (χ2n) is 7.66. The number of ketones is 1. The number of benzene rings is 2. The monoisotopic (exact) mass is 474 g/mol. The Hall–Kier alpha value is -4.51. The van der Waals surface area contributed by atoms with Crippen molar-refractivity contribution < 1.29 is 24.1 Å². The van der Waals surface area contributed by atoms with Crippen LogP contribution in [0.3, 0.4) is 0 Å². The Kier molecular flexibility index (Phi) is 7.95. The van der Waals surface area contributed by atoms with E-state index in [0.29, 0.717) is 30.3 Å². The maximum absolute atomic E-state index is 13.3. The Bertz CT molecular complexity index is 1350. The van der Waals surface area contributed by atoms with Crippen molar-refractivity contribution in [3.63, 3.8) is 0 Å². The molecule has 1 aromatic heterocycles. The van der Waals surface area contributed by atoms with Gasteiger partial charge >= 0.3 is 0 Å². The highest BCUT2D eigenvalue weighted by molar-refractivity contribution is 6.11. The van der Waals surface area contributed by atoms with Gasteiger partial charge in [0.1, 0.15) is 24.0 Å². The number of ether oxygens (including phenoxy) is 3. The highest BCUT2D eigenvalue weighted by Crippen LogP contribution is 2.29. The van der Waals surface area contributed by atoms with Gasteiger partial charge in [-0.2, -0.15) is 5.26 Å². The number of carbonyl (C=O) groups excluding carboxylic acids is 1. The number of carbonyl (C=O) groups is 1. The van der Waals surface area contributed by atoms with E-state index in [9.17, 15) is 20.0 Å². The number of nitrogens with zero attached hydrogens (tertiary/aromatic N) is 2. The summed E-state index contributed by atoms with van der Waals surface area (Å²) >= 11 is 0. The van der Waals surface area contributed by atoms with Crippen molar-refractivity contribution in [2.45, 2.75) is 19.9 Å². The van der Waals surface area contributed by atoms with Gasteiger partial charge in [-0.25, -0.2) is 0 Å². The van der Waals surface area contributed by atoms with E-state index in [0.717, 1.165) is 10.1 Å². The van der Waals surface area contributed by atoms with E-state index in [2.05, 4.69) is 6.58 Å². The number of aromatic nitrogens is 1. The molecule has 0 radical (unpaired) electrons. The summed E-state index contributed by atoms with van der Waals surface area (Å²) in [5, 5.41) is 20.6. The fraction of sp³-hybridized carbons (Fsp3) is 0.222. The molecule has 0 bridgehead atoms. The van der Waals surface area contributed by atoms with Gasteiger partial charge in [0, 0.05) is 12.1 Å². The van der Waals surface area contributed by atoms with Crippen LogP contribution in [0, 0.1) is 18.3 Å². The third-order valence-electron chi connectivity index (χ3n) is 5.58. The number of methoxy groups -OCH3 is 2. The molecule has 0 aliphatic carbocycles. The van der Waals surface area contributed by atoms with Gasteiger partial charge in [-0.05, 0) is 60.9 Å². The summed E-state index contributed by atoms with van der Waals surface area (Å²) in [6, 6.07) is 13.6. The van der Waals surface area contributed by atoms with Gasteiger partial charge in [0.2, 0.25) is 5.88 Å². The van der Waals surface area contributed by atoms with E-state index in [4.69, 9.17) is 14.2 Å². The van der Waals surface area contributed by atoms with E-state index < -0.39 is 17.2 Å². The topological polar surface area (TPSA) is 111 Å². The highest BCUT2D eigenvalue weighted by atomic mass is 16.5. The number of hydrogen-bond acceptors (Lipinski definition) is 7. The Morgan fingerprint density at radius 3 is 2.43 bits per heavy atom. The third kappa shape index (κ3) is 5.20. The Balaban J connectivity index is 1.99. The van der Waals surface area contributed by atoms with Crippen LogP contribution in [0.4, 0.5) is 0 Å². The van der Waals surface area contributed by atoms with Gasteiger partial charge < -0.3 is 19.3 Å². The van der Waals surface area contributed by atoms with Crippen molar-refractivity contribution in [2.75, 3.05) is 20.8 Å². The molecule has 0 aliphatic rings. The van der Waals surface area contributed by atoms with Gasteiger partial charge in [0.25, 0.3) is 5.56 Å². The summed E-state index contributed by atoms with van der Waals surface area (Å²) < 4.78 is 17.0. The van der Waals surface area contributed by atoms with E-state index in [1.807, 2.05) is 12.1 Å². The Morgan fingerprint density at radius 1 is 1.14 bits per heavy atom. The van der Waals surface area contributed by atoms with Gasteiger partial charge in [-0.15, -0.1) is 0 Å². The zero-order chi connectivity index (χ0) is 25.5. The van der Waals surface area contributed by atoms with Gasteiger partial charge in [0.05, 0.1) is 19.8 Å². The molecule has 0 saturated carbocycles.